The molecule has 26 heavy (non-hydrogen) atoms. The molecule has 0 aliphatic rings. The Morgan fingerprint density at radius 1 is 1.35 bits per heavy atom. The summed E-state index contributed by atoms with van der Waals surface area (Å²) in [4.78, 5) is 8.93. The molecule has 3 aromatic rings. The molecular weight excluding hydrogens is 328 g/mol. The van der Waals surface area contributed by atoms with Gasteiger partial charge < -0.3 is 19.6 Å². The van der Waals surface area contributed by atoms with Crippen molar-refractivity contribution in [3.8, 4) is 0 Å². The van der Waals surface area contributed by atoms with Crippen LogP contribution in [0.5, 0.6) is 0 Å². The molecule has 7 nitrogen and oxygen atoms in total. The highest BCUT2D eigenvalue weighted by molar-refractivity contribution is 5.79. The second kappa shape index (κ2) is 8.03. The summed E-state index contributed by atoms with van der Waals surface area (Å²) in [6, 6.07) is 6.08. The zero-order valence-electron chi connectivity index (χ0n) is 15.8. The third-order valence-electron chi connectivity index (χ3n) is 4.22. The van der Waals surface area contributed by atoms with Crippen LogP contribution < -0.4 is 10.6 Å². The molecule has 0 atom stereocenters. The van der Waals surface area contributed by atoms with Crippen molar-refractivity contribution < 1.29 is 4.52 Å². The first kappa shape index (κ1) is 18.0. The number of rotatable bonds is 6. The first-order valence-electron chi connectivity index (χ1n) is 8.90. The highest BCUT2D eigenvalue weighted by atomic mass is 16.5. The SMILES string of the molecule is CN=C(NCCc1cn2cccc(C)c2n1)NCc1cc(C(C)C)no1. The summed E-state index contributed by atoms with van der Waals surface area (Å²) in [5.74, 6) is 1.89. The molecule has 2 N–H and O–H groups in total. The number of aryl methyl sites for hydroxylation is 1. The van der Waals surface area contributed by atoms with Gasteiger partial charge >= 0.3 is 0 Å². The molecule has 0 aliphatic heterocycles. The van der Waals surface area contributed by atoms with Crippen LogP contribution in [-0.4, -0.2) is 34.1 Å². The summed E-state index contributed by atoms with van der Waals surface area (Å²) in [7, 11) is 1.75. The van der Waals surface area contributed by atoms with E-state index < -0.39 is 0 Å². The molecule has 138 valence electrons. The molecule has 0 aliphatic carbocycles. The lowest BCUT2D eigenvalue weighted by atomic mass is 10.1. The maximum absolute atomic E-state index is 5.33. The van der Waals surface area contributed by atoms with Crippen molar-refractivity contribution in [3.63, 3.8) is 0 Å². The van der Waals surface area contributed by atoms with Crippen molar-refractivity contribution in [1.29, 1.82) is 0 Å². The number of hydrogen-bond donors (Lipinski definition) is 2. The first-order chi connectivity index (χ1) is 12.6. The molecule has 3 heterocycles. The van der Waals surface area contributed by atoms with Crippen molar-refractivity contribution in [2.24, 2.45) is 4.99 Å². The maximum atomic E-state index is 5.33. The Morgan fingerprint density at radius 3 is 2.88 bits per heavy atom. The largest absolute Gasteiger partial charge is 0.359 e. The summed E-state index contributed by atoms with van der Waals surface area (Å²) in [5, 5.41) is 10.6. The zero-order chi connectivity index (χ0) is 18.5. The average molecular weight is 354 g/mol. The quantitative estimate of drug-likeness (QED) is 0.525. The van der Waals surface area contributed by atoms with E-state index in [-0.39, 0.29) is 0 Å². The summed E-state index contributed by atoms with van der Waals surface area (Å²) in [6.07, 6.45) is 4.92. The Kier molecular flexibility index (Phi) is 5.55. The van der Waals surface area contributed by atoms with Crippen LogP contribution in [0.2, 0.25) is 0 Å². The maximum Gasteiger partial charge on any atom is 0.191 e. The third kappa shape index (κ3) is 4.22. The molecule has 0 spiro atoms. The molecular formula is C19H26N6O. The van der Waals surface area contributed by atoms with E-state index in [4.69, 9.17) is 4.52 Å². The molecule has 7 heteroatoms. The second-order valence-corrected chi connectivity index (χ2v) is 6.63. The van der Waals surface area contributed by atoms with E-state index in [1.165, 1.54) is 5.56 Å². The van der Waals surface area contributed by atoms with Gasteiger partial charge in [0, 0.05) is 38.5 Å². The molecule has 0 radical (unpaired) electrons. The number of pyridine rings is 1. The lowest BCUT2D eigenvalue weighted by Gasteiger charge is -2.09. The first-order valence-corrected chi connectivity index (χ1v) is 8.90. The molecule has 0 saturated heterocycles. The van der Waals surface area contributed by atoms with Crippen LogP contribution in [0.1, 0.15) is 42.5 Å². The average Bonchev–Trinajstić information content (AvgIpc) is 3.25. The van der Waals surface area contributed by atoms with Gasteiger partial charge in [-0.15, -0.1) is 0 Å². The molecule has 0 bridgehead atoms. The third-order valence-corrected chi connectivity index (χ3v) is 4.22. The second-order valence-electron chi connectivity index (χ2n) is 6.63. The number of guanidine groups is 1. The van der Waals surface area contributed by atoms with Crippen LogP contribution in [0.4, 0.5) is 0 Å². The van der Waals surface area contributed by atoms with Gasteiger partial charge in [0.1, 0.15) is 5.65 Å². The van der Waals surface area contributed by atoms with E-state index in [2.05, 4.69) is 63.2 Å². The monoisotopic (exact) mass is 354 g/mol. The molecule has 0 saturated carbocycles. The molecule has 0 unspecified atom stereocenters. The minimum atomic E-state index is 0.360. The van der Waals surface area contributed by atoms with Crippen LogP contribution in [0.25, 0.3) is 5.65 Å². The van der Waals surface area contributed by atoms with E-state index in [1.807, 2.05) is 18.3 Å². The molecule has 3 aromatic heterocycles. The Labute approximate surface area is 153 Å². The molecule has 0 amide bonds. The minimum Gasteiger partial charge on any atom is -0.359 e. The normalized spacial score (nSPS) is 12.1. The minimum absolute atomic E-state index is 0.360. The molecule has 3 rings (SSSR count). The fourth-order valence-electron chi connectivity index (χ4n) is 2.71. The summed E-state index contributed by atoms with van der Waals surface area (Å²) >= 11 is 0. The van der Waals surface area contributed by atoms with Gasteiger partial charge in [-0.2, -0.15) is 0 Å². The van der Waals surface area contributed by atoms with Gasteiger partial charge in [0.05, 0.1) is 17.9 Å². The van der Waals surface area contributed by atoms with Gasteiger partial charge in [0.15, 0.2) is 11.7 Å². The lowest BCUT2D eigenvalue weighted by molar-refractivity contribution is 0.372. The van der Waals surface area contributed by atoms with Crippen LogP contribution >= 0.6 is 0 Å². The number of hydrogen-bond acceptors (Lipinski definition) is 4. The highest BCUT2D eigenvalue weighted by Gasteiger charge is 2.08. The predicted molar refractivity (Wildman–Crippen MR) is 102 cm³/mol. The van der Waals surface area contributed by atoms with Crippen molar-refractivity contribution >= 4 is 11.6 Å². The fraction of sp³-hybridized carbons (Fsp3) is 0.421. The van der Waals surface area contributed by atoms with Crippen LogP contribution in [0.15, 0.2) is 40.1 Å². The Balaban J connectivity index is 1.49. The van der Waals surface area contributed by atoms with E-state index in [0.717, 1.165) is 41.7 Å². The van der Waals surface area contributed by atoms with Crippen LogP contribution in [-0.2, 0) is 13.0 Å². The van der Waals surface area contributed by atoms with E-state index in [0.29, 0.717) is 12.5 Å². The summed E-state index contributed by atoms with van der Waals surface area (Å²) in [5.41, 5.74) is 4.21. The van der Waals surface area contributed by atoms with Gasteiger partial charge in [-0.25, -0.2) is 4.98 Å². The van der Waals surface area contributed by atoms with E-state index in [1.54, 1.807) is 7.05 Å². The van der Waals surface area contributed by atoms with Gasteiger partial charge in [-0.05, 0) is 24.5 Å². The number of aliphatic imine (C=N–C) groups is 1. The Bertz CT molecular complexity index is 892. The number of nitrogens with one attached hydrogen (secondary N) is 2. The topological polar surface area (TPSA) is 79.8 Å². The number of fused-ring (bicyclic) bond motifs is 1. The Morgan fingerprint density at radius 2 is 2.19 bits per heavy atom. The van der Waals surface area contributed by atoms with Crippen molar-refractivity contribution in [2.75, 3.05) is 13.6 Å². The number of imidazole rings is 1. The number of aromatic nitrogens is 3. The highest BCUT2D eigenvalue weighted by Crippen LogP contribution is 2.13. The number of nitrogens with zero attached hydrogens (tertiary/aromatic N) is 4. The predicted octanol–water partition coefficient (Wildman–Crippen LogP) is 2.66. The van der Waals surface area contributed by atoms with Crippen LogP contribution in [0.3, 0.4) is 0 Å². The van der Waals surface area contributed by atoms with E-state index >= 15 is 0 Å². The van der Waals surface area contributed by atoms with Gasteiger partial charge in [0.25, 0.3) is 0 Å². The summed E-state index contributed by atoms with van der Waals surface area (Å²) < 4.78 is 7.39. The van der Waals surface area contributed by atoms with Gasteiger partial charge in [-0.3, -0.25) is 4.99 Å². The smallest absolute Gasteiger partial charge is 0.191 e. The standard InChI is InChI=1S/C19H26N6O/c1-13(2)17-10-16(26-24-17)11-22-19(20-4)21-8-7-15-12-25-9-5-6-14(3)18(25)23-15/h5-6,9-10,12-13H,7-8,11H2,1-4H3,(H2,20,21,22). The fourth-order valence-corrected chi connectivity index (χ4v) is 2.71. The Hall–Kier alpha value is -2.83. The molecule has 0 fully saturated rings. The molecule has 0 aromatic carbocycles. The van der Waals surface area contributed by atoms with Gasteiger partial charge in [0.2, 0.25) is 0 Å². The lowest BCUT2D eigenvalue weighted by Crippen LogP contribution is -2.37. The summed E-state index contributed by atoms with van der Waals surface area (Å²) in [6.45, 7) is 7.56. The van der Waals surface area contributed by atoms with Crippen molar-refractivity contribution in [1.82, 2.24) is 25.2 Å². The van der Waals surface area contributed by atoms with E-state index in [9.17, 15) is 0 Å². The van der Waals surface area contributed by atoms with Crippen LogP contribution in [0, 0.1) is 6.92 Å². The van der Waals surface area contributed by atoms with Crippen molar-refractivity contribution in [2.45, 2.75) is 39.7 Å². The van der Waals surface area contributed by atoms with Gasteiger partial charge in [-0.1, -0.05) is 25.1 Å². The van der Waals surface area contributed by atoms with Crippen molar-refractivity contribution in [3.05, 3.63) is 53.3 Å². The zero-order valence-corrected chi connectivity index (χ0v) is 15.8.